The Balaban J connectivity index is 5.62. The van der Waals surface area contributed by atoms with Gasteiger partial charge in [0, 0.05) is 19.5 Å². The van der Waals surface area contributed by atoms with Crippen LogP contribution in [0.2, 0.25) is 0 Å². The van der Waals surface area contributed by atoms with Crippen LogP contribution >= 0.6 is 0 Å². The summed E-state index contributed by atoms with van der Waals surface area (Å²) < 4.78 is 0. The Morgan fingerprint density at radius 3 is 1.52 bits per heavy atom. The molecule has 0 bridgehead atoms. The van der Waals surface area contributed by atoms with Crippen LogP contribution in [0.15, 0.2) is 9.98 Å². The summed E-state index contributed by atoms with van der Waals surface area (Å²) in [6.45, 7) is 0.202. The van der Waals surface area contributed by atoms with E-state index in [1.54, 1.807) is 0 Å². The number of guanidine groups is 2. The monoisotopic (exact) mass is 572 g/mol. The van der Waals surface area contributed by atoms with Gasteiger partial charge in [-0.05, 0) is 32.1 Å². The van der Waals surface area contributed by atoms with Crippen molar-refractivity contribution in [2.24, 2.45) is 50.1 Å². The zero-order valence-corrected chi connectivity index (χ0v) is 22.0. The molecule has 0 fully saturated rings. The van der Waals surface area contributed by atoms with Gasteiger partial charge in [0.05, 0.1) is 12.5 Å². The van der Waals surface area contributed by atoms with Gasteiger partial charge in [0.2, 0.25) is 29.5 Å². The second kappa shape index (κ2) is 18.6. The van der Waals surface area contributed by atoms with E-state index < -0.39 is 66.1 Å². The minimum Gasteiger partial charge on any atom is -0.480 e. The minimum atomic E-state index is -1.58. The molecule has 0 aromatic heterocycles. The lowest BCUT2D eigenvalue weighted by molar-refractivity contribution is -0.142. The average Bonchev–Trinajstić information content (AvgIpc) is 2.84. The van der Waals surface area contributed by atoms with Crippen molar-refractivity contribution in [3.05, 3.63) is 0 Å². The number of carboxylic acid groups (broad SMARTS) is 1. The Kier molecular flexibility index (Phi) is 16.4. The number of aliphatic imine (C=N–C) groups is 2. The van der Waals surface area contributed by atoms with E-state index in [-0.39, 0.29) is 63.5 Å². The van der Waals surface area contributed by atoms with Crippen LogP contribution in [0, 0.1) is 0 Å². The molecule has 0 rings (SSSR count). The summed E-state index contributed by atoms with van der Waals surface area (Å²) in [6, 6.07) is -5.43. The molecule has 0 aromatic carbocycles. The molecule has 4 atom stereocenters. The van der Waals surface area contributed by atoms with E-state index in [2.05, 4.69) is 25.9 Å². The highest BCUT2D eigenvalue weighted by atomic mass is 16.4. The molecular formula is C21H40N12O7. The fourth-order valence-corrected chi connectivity index (χ4v) is 3.20. The van der Waals surface area contributed by atoms with Gasteiger partial charge in [-0.2, -0.15) is 0 Å². The Bertz CT molecular complexity index is 964. The third kappa shape index (κ3) is 16.2. The first-order valence-electron chi connectivity index (χ1n) is 12.2. The number of carbonyl (C=O) groups excluding carboxylic acids is 5. The number of nitrogens with one attached hydrogen (secondary N) is 3. The Morgan fingerprint density at radius 2 is 1.07 bits per heavy atom. The lowest BCUT2D eigenvalue weighted by atomic mass is 10.1. The molecule has 5 amide bonds. The molecule has 0 radical (unpaired) electrons. The lowest BCUT2D eigenvalue weighted by Crippen LogP contribution is -2.57. The van der Waals surface area contributed by atoms with Gasteiger partial charge in [0.15, 0.2) is 11.9 Å². The number of hydrogen-bond acceptors (Lipinski definition) is 9. The van der Waals surface area contributed by atoms with Crippen LogP contribution in [-0.4, -0.2) is 89.8 Å². The molecule has 19 nitrogen and oxygen atoms in total. The van der Waals surface area contributed by atoms with Gasteiger partial charge in [0.25, 0.3) is 0 Å². The Labute approximate surface area is 230 Å². The average molecular weight is 573 g/mol. The minimum absolute atomic E-state index is 0.0235. The van der Waals surface area contributed by atoms with Crippen molar-refractivity contribution in [1.82, 2.24) is 16.0 Å². The Morgan fingerprint density at radius 1 is 0.625 bits per heavy atom. The molecule has 4 unspecified atom stereocenters. The number of aliphatic carboxylic acids is 1. The van der Waals surface area contributed by atoms with Crippen LogP contribution in [-0.2, 0) is 28.8 Å². The third-order valence-electron chi connectivity index (χ3n) is 5.21. The maximum absolute atomic E-state index is 13.1. The summed E-state index contributed by atoms with van der Waals surface area (Å²) in [5.74, 6) is -6.10. The van der Waals surface area contributed by atoms with Gasteiger partial charge in [-0.1, -0.05) is 0 Å². The first-order chi connectivity index (χ1) is 18.6. The van der Waals surface area contributed by atoms with E-state index in [1.165, 1.54) is 0 Å². The van der Waals surface area contributed by atoms with Gasteiger partial charge in [0.1, 0.15) is 18.1 Å². The van der Waals surface area contributed by atoms with Gasteiger partial charge in [-0.3, -0.25) is 34.0 Å². The molecule has 0 saturated heterocycles. The highest BCUT2D eigenvalue weighted by molar-refractivity contribution is 5.96. The zero-order chi connectivity index (χ0) is 30.8. The van der Waals surface area contributed by atoms with E-state index >= 15 is 0 Å². The number of nitrogens with two attached hydrogens (primary N) is 7. The van der Waals surface area contributed by atoms with Crippen molar-refractivity contribution in [3.8, 4) is 0 Å². The molecule has 0 heterocycles. The van der Waals surface area contributed by atoms with E-state index in [1.807, 2.05) is 0 Å². The topological polar surface area (TPSA) is 366 Å². The van der Waals surface area contributed by atoms with Crippen molar-refractivity contribution in [2.45, 2.75) is 69.1 Å². The second-order valence-corrected chi connectivity index (χ2v) is 8.70. The smallest absolute Gasteiger partial charge is 0.326 e. The number of nitrogens with zero attached hydrogens (tertiary/aromatic N) is 2. The van der Waals surface area contributed by atoms with Crippen molar-refractivity contribution in [1.29, 1.82) is 0 Å². The highest BCUT2D eigenvalue weighted by Crippen LogP contribution is 2.05. The van der Waals surface area contributed by atoms with E-state index in [9.17, 15) is 33.9 Å². The van der Waals surface area contributed by atoms with E-state index in [0.717, 1.165) is 0 Å². The summed E-state index contributed by atoms with van der Waals surface area (Å²) in [7, 11) is 0. The largest absolute Gasteiger partial charge is 0.480 e. The van der Waals surface area contributed by atoms with Gasteiger partial charge >= 0.3 is 5.97 Å². The number of hydrogen-bond donors (Lipinski definition) is 11. The lowest BCUT2D eigenvalue weighted by Gasteiger charge is -2.24. The van der Waals surface area contributed by atoms with Crippen molar-refractivity contribution in [3.63, 3.8) is 0 Å². The first kappa shape index (κ1) is 35.3. The van der Waals surface area contributed by atoms with Crippen LogP contribution in [0.4, 0.5) is 0 Å². The van der Waals surface area contributed by atoms with E-state index in [0.29, 0.717) is 0 Å². The van der Waals surface area contributed by atoms with Crippen molar-refractivity contribution >= 4 is 47.4 Å². The molecule has 18 N–H and O–H groups in total. The van der Waals surface area contributed by atoms with Gasteiger partial charge in [-0.25, -0.2) is 4.79 Å². The highest BCUT2D eigenvalue weighted by Gasteiger charge is 2.31. The van der Waals surface area contributed by atoms with Crippen LogP contribution in [0.1, 0.15) is 44.9 Å². The molecule has 0 saturated carbocycles. The number of rotatable bonds is 20. The summed E-state index contributed by atoms with van der Waals surface area (Å²) in [6.07, 6.45) is -0.626. The molecule has 0 aromatic rings. The molecular weight excluding hydrogens is 532 g/mol. The third-order valence-corrected chi connectivity index (χ3v) is 5.21. The van der Waals surface area contributed by atoms with E-state index in [4.69, 9.17) is 40.1 Å². The molecule has 0 spiro atoms. The van der Waals surface area contributed by atoms with Crippen LogP contribution in [0.3, 0.4) is 0 Å². The maximum atomic E-state index is 13.1. The normalized spacial score (nSPS) is 13.4. The number of carboxylic acids is 1. The van der Waals surface area contributed by atoms with Gasteiger partial charge < -0.3 is 61.2 Å². The van der Waals surface area contributed by atoms with Crippen LogP contribution in [0.25, 0.3) is 0 Å². The van der Waals surface area contributed by atoms with Crippen molar-refractivity contribution < 1.29 is 33.9 Å². The molecule has 40 heavy (non-hydrogen) atoms. The fourth-order valence-electron chi connectivity index (χ4n) is 3.20. The van der Waals surface area contributed by atoms with Gasteiger partial charge in [-0.15, -0.1) is 0 Å². The number of amides is 5. The summed E-state index contributed by atoms with van der Waals surface area (Å²) in [5, 5.41) is 16.4. The molecule has 0 aliphatic rings. The summed E-state index contributed by atoms with van der Waals surface area (Å²) in [5.41, 5.74) is 37.1. The second-order valence-electron chi connectivity index (χ2n) is 8.70. The number of primary amides is 2. The molecule has 0 aliphatic carbocycles. The molecule has 19 heteroatoms. The molecule has 226 valence electrons. The standard InChI is InChI=1S/C21H40N12O7/c22-10(5-6-14(23)34)16(36)31-11(3-1-7-29-20(25)26)17(37)33-13(9-15(24)35)18(38)32-12(19(39)40)4-2-8-30-21(27)28/h10-13H,1-9,22H2,(H2,23,34)(H2,24,35)(H,31,36)(H,32,38)(H,33,37)(H,39,40)(H4,25,26,29)(H4,27,28,30). The Hall–Kier alpha value is -4.68. The first-order valence-corrected chi connectivity index (χ1v) is 12.2. The fraction of sp³-hybridized carbons (Fsp3) is 0.619. The summed E-state index contributed by atoms with van der Waals surface area (Å²) in [4.78, 5) is 80.2. The summed E-state index contributed by atoms with van der Waals surface area (Å²) >= 11 is 0. The predicted octanol–water partition coefficient (Wildman–Crippen LogP) is -5.90. The van der Waals surface area contributed by atoms with Crippen molar-refractivity contribution in [2.75, 3.05) is 13.1 Å². The number of carbonyl (C=O) groups is 6. The maximum Gasteiger partial charge on any atom is 0.326 e. The van der Waals surface area contributed by atoms with Crippen LogP contribution < -0.4 is 56.1 Å². The SMILES string of the molecule is NC(=O)CCC(N)C(=O)NC(CCCN=C(N)N)C(=O)NC(CC(N)=O)C(=O)NC(CCCN=C(N)N)C(=O)O. The predicted molar refractivity (Wildman–Crippen MR) is 143 cm³/mol. The zero-order valence-electron chi connectivity index (χ0n) is 22.0. The quantitative estimate of drug-likeness (QED) is 0.0369. The van der Waals surface area contributed by atoms with Crippen LogP contribution in [0.5, 0.6) is 0 Å². The molecule has 0 aliphatic heterocycles.